The van der Waals surface area contributed by atoms with Crippen molar-refractivity contribution in [2.24, 2.45) is 0 Å². The zero-order valence-corrected chi connectivity index (χ0v) is 14.2. The van der Waals surface area contributed by atoms with Crippen molar-refractivity contribution >= 4 is 21.1 Å². The van der Waals surface area contributed by atoms with Gasteiger partial charge in [-0.05, 0) is 56.2 Å². The Morgan fingerprint density at radius 1 is 1.00 bits per heavy atom. The summed E-state index contributed by atoms with van der Waals surface area (Å²) in [5.41, 5.74) is 1.93. The number of aryl methyl sites for hydroxylation is 1. The van der Waals surface area contributed by atoms with Gasteiger partial charge in [0, 0.05) is 17.0 Å². The van der Waals surface area contributed by atoms with Crippen LogP contribution in [0, 0.1) is 0 Å². The average molecular weight is 348 g/mol. The Kier molecular flexibility index (Phi) is 3.87. The third-order valence-electron chi connectivity index (χ3n) is 4.84. The van der Waals surface area contributed by atoms with Crippen LogP contribution >= 0.6 is 0 Å². The summed E-state index contributed by atoms with van der Waals surface area (Å²) in [6, 6.07) is 4.99. The summed E-state index contributed by atoms with van der Waals surface area (Å²) in [5, 5.41) is 0.499. The summed E-state index contributed by atoms with van der Waals surface area (Å²) in [6.07, 6.45) is 7.28. The minimum Gasteiger partial charge on any atom is -0.422 e. The first-order chi connectivity index (χ1) is 11.5. The summed E-state index contributed by atoms with van der Waals surface area (Å²) < 4.78 is 34.6. The lowest BCUT2D eigenvalue weighted by Gasteiger charge is -2.15. The summed E-state index contributed by atoms with van der Waals surface area (Å²) >= 11 is 0. The van der Waals surface area contributed by atoms with E-state index in [1.807, 2.05) is 6.07 Å². The molecular weight excluding hydrogens is 328 g/mol. The molecule has 0 N–H and O–H groups in total. The van der Waals surface area contributed by atoms with Crippen molar-refractivity contribution in [1.82, 2.24) is 0 Å². The Morgan fingerprint density at radius 2 is 1.71 bits per heavy atom. The molecule has 0 amide bonds. The molecule has 0 spiro atoms. The van der Waals surface area contributed by atoms with Gasteiger partial charge in [-0.25, -0.2) is 4.79 Å². The molecule has 1 aromatic carbocycles. The van der Waals surface area contributed by atoms with Crippen molar-refractivity contribution < 1.29 is 17.0 Å². The second-order valence-corrected chi connectivity index (χ2v) is 8.51. The topological polar surface area (TPSA) is 73.6 Å². The minimum atomic E-state index is -3.57. The standard InChI is InChI=1S/C18H20O5S/c19-18-16-6-4-2-1-3-5-14(16)15-10-7-12(11-17(15)22-18)23-24(20,21)13-8-9-13/h7,10-11,13H,1-6,8-9H2. The first-order valence-electron chi connectivity index (χ1n) is 8.56. The molecule has 2 aliphatic rings. The predicted molar refractivity (Wildman–Crippen MR) is 90.9 cm³/mol. The molecule has 2 aromatic rings. The summed E-state index contributed by atoms with van der Waals surface area (Å²) in [4.78, 5) is 12.3. The van der Waals surface area contributed by atoms with E-state index in [1.54, 1.807) is 6.07 Å². The Hall–Kier alpha value is -1.82. The zero-order chi connectivity index (χ0) is 16.7. The van der Waals surface area contributed by atoms with Crippen LogP contribution in [0.3, 0.4) is 0 Å². The quantitative estimate of drug-likeness (QED) is 0.628. The van der Waals surface area contributed by atoms with Crippen LogP contribution in [0.25, 0.3) is 11.0 Å². The van der Waals surface area contributed by atoms with Crippen molar-refractivity contribution in [2.45, 2.75) is 56.6 Å². The maximum atomic E-state index is 12.3. The minimum absolute atomic E-state index is 0.211. The summed E-state index contributed by atoms with van der Waals surface area (Å²) in [7, 11) is -3.57. The van der Waals surface area contributed by atoms with Crippen LogP contribution in [-0.2, 0) is 23.0 Å². The van der Waals surface area contributed by atoms with E-state index in [1.165, 1.54) is 12.5 Å². The largest absolute Gasteiger partial charge is 0.422 e. The van der Waals surface area contributed by atoms with Gasteiger partial charge in [0.15, 0.2) is 0 Å². The monoisotopic (exact) mass is 348 g/mol. The first-order valence-corrected chi connectivity index (χ1v) is 10.0. The molecule has 4 rings (SSSR count). The molecule has 0 atom stereocenters. The highest BCUT2D eigenvalue weighted by Crippen LogP contribution is 2.33. The molecule has 1 heterocycles. The third-order valence-corrected chi connectivity index (χ3v) is 6.55. The normalized spacial score (nSPS) is 18.7. The summed E-state index contributed by atoms with van der Waals surface area (Å²) in [6.45, 7) is 0. The highest BCUT2D eigenvalue weighted by atomic mass is 32.2. The Labute approximate surface area is 140 Å². The van der Waals surface area contributed by atoms with E-state index >= 15 is 0 Å². The SMILES string of the molecule is O=c1oc2cc(OS(=O)(=O)C3CC3)ccc2c2c1CCCCCC2. The van der Waals surface area contributed by atoms with E-state index in [0.29, 0.717) is 18.4 Å². The van der Waals surface area contributed by atoms with Gasteiger partial charge in [0.05, 0.1) is 5.25 Å². The fraction of sp³-hybridized carbons (Fsp3) is 0.500. The van der Waals surface area contributed by atoms with Crippen molar-refractivity contribution in [3.8, 4) is 5.75 Å². The molecule has 5 nitrogen and oxygen atoms in total. The van der Waals surface area contributed by atoms with Gasteiger partial charge in [-0.15, -0.1) is 0 Å². The van der Waals surface area contributed by atoms with Gasteiger partial charge in [0.25, 0.3) is 0 Å². The molecule has 2 aliphatic carbocycles. The number of fused-ring (bicyclic) bond motifs is 3. The van der Waals surface area contributed by atoms with E-state index in [2.05, 4.69) is 0 Å². The number of benzene rings is 1. The van der Waals surface area contributed by atoms with E-state index in [9.17, 15) is 13.2 Å². The number of hydrogen-bond acceptors (Lipinski definition) is 5. The Balaban J connectivity index is 1.77. The van der Waals surface area contributed by atoms with Gasteiger partial charge >= 0.3 is 15.7 Å². The number of rotatable bonds is 3. The van der Waals surface area contributed by atoms with E-state index < -0.39 is 15.4 Å². The van der Waals surface area contributed by atoms with Gasteiger partial charge in [0.1, 0.15) is 11.3 Å². The van der Waals surface area contributed by atoms with Gasteiger partial charge in [0.2, 0.25) is 0 Å². The van der Waals surface area contributed by atoms with Crippen molar-refractivity contribution in [3.05, 3.63) is 39.7 Å². The van der Waals surface area contributed by atoms with Crippen LogP contribution in [0.15, 0.2) is 27.4 Å². The van der Waals surface area contributed by atoms with Crippen LogP contribution in [-0.4, -0.2) is 13.7 Å². The molecule has 1 fully saturated rings. The molecule has 0 bridgehead atoms. The fourth-order valence-corrected chi connectivity index (χ4v) is 4.61. The van der Waals surface area contributed by atoms with Crippen LogP contribution in [0.2, 0.25) is 0 Å². The molecule has 0 unspecified atom stereocenters. The summed E-state index contributed by atoms with van der Waals surface area (Å²) in [5.74, 6) is 0.211. The van der Waals surface area contributed by atoms with Gasteiger partial charge in [-0.1, -0.05) is 12.8 Å². The highest BCUT2D eigenvalue weighted by molar-refractivity contribution is 7.88. The third kappa shape index (κ3) is 2.95. The maximum absolute atomic E-state index is 12.3. The second kappa shape index (κ2) is 5.92. The Bertz CT molecular complexity index is 938. The van der Waals surface area contributed by atoms with Crippen LogP contribution < -0.4 is 9.81 Å². The fourth-order valence-electron chi connectivity index (χ4n) is 3.39. The smallest absolute Gasteiger partial charge is 0.339 e. The molecule has 24 heavy (non-hydrogen) atoms. The molecular formula is C18H20O5S. The first kappa shape index (κ1) is 15.7. The maximum Gasteiger partial charge on any atom is 0.339 e. The van der Waals surface area contributed by atoms with Gasteiger partial charge in [-0.3, -0.25) is 0 Å². The van der Waals surface area contributed by atoms with Crippen LogP contribution in [0.5, 0.6) is 5.75 Å². The van der Waals surface area contributed by atoms with Gasteiger partial charge in [-0.2, -0.15) is 8.42 Å². The van der Waals surface area contributed by atoms with E-state index in [0.717, 1.165) is 48.6 Å². The average Bonchev–Trinajstić information content (AvgIpc) is 3.32. The molecule has 0 saturated heterocycles. The molecule has 0 radical (unpaired) electrons. The van der Waals surface area contributed by atoms with Crippen molar-refractivity contribution in [1.29, 1.82) is 0 Å². The molecule has 128 valence electrons. The zero-order valence-electron chi connectivity index (χ0n) is 13.4. The second-order valence-electron chi connectivity index (χ2n) is 6.69. The van der Waals surface area contributed by atoms with Gasteiger partial charge < -0.3 is 8.60 Å². The lowest BCUT2D eigenvalue weighted by atomic mass is 9.92. The lowest BCUT2D eigenvalue weighted by molar-refractivity contribution is 0.483. The van der Waals surface area contributed by atoms with Crippen molar-refractivity contribution in [2.75, 3.05) is 0 Å². The molecule has 6 heteroatoms. The molecule has 1 aromatic heterocycles. The lowest BCUT2D eigenvalue weighted by Crippen LogP contribution is -2.15. The molecule has 1 saturated carbocycles. The predicted octanol–water partition coefficient (Wildman–Crippen LogP) is 3.32. The van der Waals surface area contributed by atoms with E-state index in [-0.39, 0.29) is 11.4 Å². The van der Waals surface area contributed by atoms with Crippen LogP contribution in [0.4, 0.5) is 0 Å². The highest BCUT2D eigenvalue weighted by Gasteiger charge is 2.37. The van der Waals surface area contributed by atoms with E-state index in [4.69, 9.17) is 8.60 Å². The Morgan fingerprint density at radius 3 is 2.42 bits per heavy atom. The van der Waals surface area contributed by atoms with Crippen molar-refractivity contribution in [3.63, 3.8) is 0 Å². The van der Waals surface area contributed by atoms with Crippen LogP contribution in [0.1, 0.15) is 49.7 Å². The number of hydrogen-bond donors (Lipinski definition) is 0. The molecule has 0 aliphatic heterocycles.